The van der Waals surface area contributed by atoms with E-state index in [-0.39, 0.29) is 5.91 Å². The molecule has 1 aromatic carbocycles. The number of nitrogens with one attached hydrogen (secondary N) is 1. The molecule has 0 atom stereocenters. The summed E-state index contributed by atoms with van der Waals surface area (Å²) in [5, 5.41) is 4.45. The Bertz CT molecular complexity index is 641. The molecule has 0 radical (unpaired) electrons. The standard InChI is InChI=1S/C19H27N3O/c1-2-11-21-12-8-17(9-13-21)20-19(23)10-15-22-14-7-16-5-3-4-6-18(16)22/h3-7,14,17H,2,8-13,15H2,1H3,(H,20,23). The van der Waals surface area contributed by atoms with Gasteiger partial charge in [-0.25, -0.2) is 0 Å². The Morgan fingerprint density at radius 2 is 1.96 bits per heavy atom. The minimum Gasteiger partial charge on any atom is -0.353 e. The van der Waals surface area contributed by atoms with Crippen molar-refractivity contribution in [1.29, 1.82) is 0 Å². The fraction of sp³-hybridized carbons (Fsp3) is 0.526. The highest BCUT2D eigenvalue weighted by molar-refractivity contribution is 5.80. The van der Waals surface area contributed by atoms with Crippen LogP contribution < -0.4 is 5.32 Å². The molecule has 0 bridgehead atoms. The van der Waals surface area contributed by atoms with Gasteiger partial charge in [0, 0.05) is 43.8 Å². The summed E-state index contributed by atoms with van der Waals surface area (Å²) < 4.78 is 2.17. The second-order valence-corrected chi connectivity index (χ2v) is 6.50. The maximum absolute atomic E-state index is 12.2. The summed E-state index contributed by atoms with van der Waals surface area (Å²) in [7, 11) is 0. The highest BCUT2D eigenvalue weighted by Crippen LogP contribution is 2.15. The van der Waals surface area contributed by atoms with E-state index in [1.54, 1.807) is 0 Å². The van der Waals surface area contributed by atoms with Crippen molar-refractivity contribution < 1.29 is 4.79 Å². The van der Waals surface area contributed by atoms with Gasteiger partial charge in [0.25, 0.3) is 0 Å². The summed E-state index contributed by atoms with van der Waals surface area (Å²) in [6, 6.07) is 10.8. The van der Waals surface area contributed by atoms with Gasteiger partial charge >= 0.3 is 0 Å². The Morgan fingerprint density at radius 3 is 2.74 bits per heavy atom. The molecule has 1 aliphatic rings. The lowest BCUT2D eigenvalue weighted by Gasteiger charge is -2.32. The molecule has 1 saturated heterocycles. The highest BCUT2D eigenvalue weighted by Gasteiger charge is 2.19. The summed E-state index contributed by atoms with van der Waals surface area (Å²) >= 11 is 0. The van der Waals surface area contributed by atoms with Crippen LogP contribution >= 0.6 is 0 Å². The van der Waals surface area contributed by atoms with E-state index in [1.807, 2.05) is 12.1 Å². The predicted octanol–water partition coefficient (Wildman–Crippen LogP) is 3.02. The lowest BCUT2D eigenvalue weighted by atomic mass is 10.0. The normalized spacial score (nSPS) is 16.7. The van der Waals surface area contributed by atoms with Gasteiger partial charge in [-0.2, -0.15) is 0 Å². The third-order valence-electron chi connectivity index (χ3n) is 4.75. The third-order valence-corrected chi connectivity index (χ3v) is 4.75. The van der Waals surface area contributed by atoms with E-state index in [0.29, 0.717) is 12.5 Å². The van der Waals surface area contributed by atoms with E-state index >= 15 is 0 Å². The number of hydrogen-bond acceptors (Lipinski definition) is 2. The summed E-state index contributed by atoms with van der Waals surface area (Å²) in [5.41, 5.74) is 1.20. The zero-order chi connectivity index (χ0) is 16.1. The number of aryl methyl sites for hydroxylation is 1. The average Bonchev–Trinajstić information content (AvgIpc) is 2.98. The van der Waals surface area contributed by atoms with Gasteiger partial charge in [-0.3, -0.25) is 4.79 Å². The molecule has 0 saturated carbocycles. The number of rotatable bonds is 6. The maximum Gasteiger partial charge on any atom is 0.222 e. The number of para-hydroxylation sites is 1. The van der Waals surface area contributed by atoms with Crippen LogP contribution in [0.1, 0.15) is 32.6 Å². The van der Waals surface area contributed by atoms with Crippen LogP contribution in [-0.4, -0.2) is 41.1 Å². The molecule has 4 nitrogen and oxygen atoms in total. The van der Waals surface area contributed by atoms with Crippen LogP contribution in [0.5, 0.6) is 0 Å². The highest BCUT2D eigenvalue weighted by atomic mass is 16.1. The summed E-state index contributed by atoms with van der Waals surface area (Å²) in [4.78, 5) is 14.7. The average molecular weight is 313 g/mol. The molecule has 4 heteroatoms. The van der Waals surface area contributed by atoms with Crippen LogP contribution in [0.3, 0.4) is 0 Å². The van der Waals surface area contributed by atoms with E-state index in [9.17, 15) is 4.79 Å². The first-order valence-corrected chi connectivity index (χ1v) is 8.82. The lowest BCUT2D eigenvalue weighted by molar-refractivity contribution is -0.122. The Morgan fingerprint density at radius 1 is 1.17 bits per heavy atom. The van der Waals surface area contributed by atoms with Crippen LogP contribution in [-0.2, 0) is 11.3 Å². The number of hydrogen-bond donors (Lipinski definition) is 1. The molecule has 0 unspecified atom stereocenters. The van der Waals surface area contributed by atoms with Gasteiger partial charge in [-0.05, 0) is 43.3 Å². The first kappa shape index (κ1) is 16.1. The largest absolute Gasteiger partial charge is 0.353 e. The van der Waals surface area contributed by atoms with Crippen molar-refractivity contribution in [2.75, 3.05) is 19.6 Å². The fourth-order valence-corrected chi connectivity index (χ4v) is 3.47. The molecule has 1 aliphatic heterocycles. The molecule has 23 heavy (non-hydrogen) atoms. The Labute approximate surface area is 138 Å². The number of piperidine rings is 1. The summed E-state index contributed by atoms with van der Waals surface area (Å²) in [6.45, 7) is 6.37. The summed E-state index contributed by atoms with van der Waals surface area (Å²) in [5.74, 6) is 0.178. The first-order valence-electron chi connectivity index (χ1n) is 8.82. The van der Waals surface area contributed by atoms with Gasteiger partial charge in [-0.15, -0.1) is 0 Å². The third kappa shape index (κ3) is 4.14. The number of amides is 1. The minimum absolute atomic E-state index is 0.178. The Balaban J connectivity index is 1.45. The van der Waals surface area contributed by atoms with Crippen molar-refractivity contribution in [3.05, 3.63) is 36.5 Å². The number of fused-ring (bicyclic) bond motifs is 1. The Hall–Kier alpha value is -1.81. The van der Waals surface area contributed by atoms with Gasteiger partial charge in [0.05, 0.1) is 0 Å². The molecule has 0 aliphatic carbocycles. The molecule has 2 heterocycles. The quantitative estimate of drug-likeness (QED) is 0.890. The monoisotopic (exact) mass is 313 g/mol. The smallest absolute Gasteiger partial charge is 0.222 e. The van der Waals surface area contributed by atoms with Crippen LogP contribution in [0.15, 0.2) is 36.5 Å². The van der Waals surface area contributed by atoms with Gasteiger partial charge in [0.2, 0.25) is 5.91 Å². The lowest BCUT2D eigenvalue weighted by Crippen LogP contribution is -2.44. The number of carbonyl (C=O) groups excluding carboxylic acids is 1. The summed E-state index contributed by atoms with van der Waals surface area (Å²) in [6.07, 6.45) is 5.99. The molecule has 3 rings (SSSR count). The molecule has 1 N–H and O–H groups in total. The second-order valence-electron chi connectivity index (χ2n) is 6.50. The van der Waals surface area contributed by atoms with E-state index in [1.165, 1.54) is 23.9 Å². The van der Waals surface area contributed by atoms with Gasteiger partial charge < -0.3 is 14.8 Å². The second kappa shape index (κ2) is 7.64. The van der Waals surface area contributed by atoms with E-state index in [2.05, 4.69) is 46.1 Å². The van der Waals surface area contributed by atoms with Gasteiger partial charge in [0.1, 0.15) is 0 Å². The predicted molar refractivity (Wildman–Crippen MR) is 94.5 cm³/mol. The van der Waals surface area contributed by atoms with Crippen LogP contribution in [0.4, 0.5) is 0 Å². The zero-order valence-electron chi connectivity index (χ0n) is 14.0. The van der Waals surface area contributed by atoms with Crippen molar-refractivity contribution >= 4 is 16.8 Å². The molecule has 0 spiro atoms. The SMILES string of the molecule is CCCN1CCC(NC(=O)CCn2ccc3ccccc32)CC1. The first-order chi connectivity index (χ1) is 11.3. The van der Waals surface area contributed by atoms with Crippen LogP contribution in [0.25, 0.3) is 10.9 Å². The molecule has 1 aromatic heterocycles. The molecular weight excluding hydrogens is 286 g/mol. The number of likely N-dealkylation sites (tertiary alicyclic amines) is 1. The van der Waals surface area contributed by atoms with Crippen LogP contribution in [0, 0.1) is 0 Å². The molecule has 1 fully saturated rings. The molecular formula is C19H27N3O. The molecule has 2 aromatic rings. The number of benzene rings is 1. The van der Waals surface area contributed by atoms with Crippen molar-refractivity contribution in [2.45, 2.75) is 45.2 Å². The topological polar surface area (TPSA) is 37.3 Å². The fourth-order valence-electron chi connectivity index (χ4n) is 3.47. The van der Waals surface area contributed by atoms with Crippen molar-refractivity contribution in [3.8, 4) is 0 Å². The van der Waals surface area contributed by atoms with Crippen LogP contribution in [0.2, 0.25) is 0 Å². The number of carbonyl (C=O) groups is 1. The number of aromatic nitrogens is 1. The zero-order valence-corrected chi connectivity index (χ0v) is 14.0. The molecule has 124 valence electrons. The van der Waals surface area contributed by atoms with Crippen molar-refractivity contribution in [1.82, 2.24) is 14.8 Å². The molecule has 1 amide bonds. The Kier molecular flexibility index (Phi) is 5.34. The number of nitrogens with zero attached hydrogens (tertiary/aromatic N) is 2. The van der Waals surface area contributed by atoms with E-state index < -0.39 is 0 Å². The maximum atomic E-state index is 12.2. The van der Waals surface area contributed by atoms with Gasteiger partial charge in [-0.1, -0.05) is 25.1 Å². The van der Waals surface area contributed by atoms with E-state index in [4.69, 9.17) is 0 Å². The van der Waals surface area contributed by atoms with Gasteiger partial charge in [0.15, 0.2) is 0 Å². The minimum atomic E-state index is 0.178. The van der Waals surface area contributed by atoms with Crippen molar-refractivity contribution in [3.63, 3.8) is 0 Å². The van der Waals surface area contributed by atoms with Crippen molar-refractivity contribution in [2.24, 2.45) is 0 Å². The van der Waals surface area contributed by atoms with E-state index in [0.717, 1.165) is 32.5 Å².